The maximum Gasteiger partial charge on any atom is 0.157 e. The average molecular weight is 223 g/mol. The Morgan fingerprint density at radius 3 is 2.47 bits per heavy atom. The van der Waals surface area contributed by atoms with Crippen LogP contribution in [0.2, 0.25) is 0 Å². The smallest absolute Gasteiger partial charge is 0.157 e. The van der Waals surface area contributed by atoms with Crippen molar-refractivity contribution in [1.29, 1.82) is 0 Å². The van der Waals surface area contributed by atoms with Crippen LogP contribution in [0.4, 0.5) is 0 Å². The van der Waals surface area contributed by atoms with Crippen LogP contribution in [-0.4, -0.2) is 68.9 Å². The van der Waals surface area contributed by atoms with Gasteiger partial charge in [0.25, 0.3) is 0 Å². The summed E-state index contributed by atoms with van der Waals surface area (Å²) >= 11 is 0. The fraction of sp³-hybridized carbons (Fsp3) is 1.00. The first-order chi connectivity index (χ1) is 6.97. The molecule has 90 valence electrons. The minimum atomic E-state index is -1.45. The minimum Gasteiger partial charge on any atom is -0.394 e. The summed E-state index contributed by atoms with van der Waals surface area (Å²) in [5.74, 6) is 0. The van der Waals surface area contributed by atoms with Crippen molar-refractivity contribution in [2.45, 2.75) is 43.2 Å². The van der Waals surface area contributed by atoms with Crippen LogP contribution in [0.25, 0.3) is 0 Å². The number of hydrogen-bond donors (Lipinski definition) is 6. The van der Waals surface area contributed by atoms with Crippen LogP contribution in [0.15, 0.2) is 0 Å². The van der Waals surface area contributed by atoms with Crippen LogP contribution in [0, 0.1) is 0 Å². The molecule has 0 aromatic carbocycles. The predicted octanol–water partition coefficient (Wildman–Crippen LogP) is -3.50. The summed E-state index contributed by atoms with van der Waals surface area (Å²) in [6.07, 6.45) is -6.26. The maximum absolute atomic E-state index is 9.51. The molecule has 1 saturated heterocycles. The van der Waals surface area contributed by atoms with Crippen molar-refractivity contribution in [3.8, 4) is 0 Å². The molecule has 7 nitrogen and oxygen atoms in total. The molecule has 1 aliphatic rings. The third kappa shape index (κ3) is 2.85. The molecule has 0 radical (unpaired) electrons. The van der Waals surface area contributed by atoms with Gasteiger partial charge in [0.1, 0.15) is 18.3 Å². The van der Waals surface area contributed by atoms with Crippen molar-refractivity contribution in [3.05, 3.63) is 0 Å². The first-order valence-electron chi connectivity index (χ1n) is 4.71. The molecular weight excluding hydrogens is 206 g/mol. The number of ether oxygens (including phenoxy) is 1. The summed E-state index contributed by atoms with van der Waals surface area (Å²) in [5, 5.41) is 45.9. The molecule has 0 bridgehead atoms. The SMILES string of the molecule is N[C@H]1[C@H]([C@H](O)[C@H](O)CO)O[C@H](O)C[C@@H]1O. The van der Waals surface area contributed by atoms with Gasteiger partial charge in [0.05, 0.1) is 18.8 Å². The van der Waals surface area contributed by atoms with Gasteiger partial charge in [0.2, 0.25) is 0 Å². The van der Waals surface area contributed by atoms with E-state index in [0.717, 1.165) is 0 Å². The zero-order valence-electron chi connectivity index (χ0n) is 8.10. The summed E-state index contributed by atoms with van der Waals surface area (Å²) in [5.41, 5.74) is 5.54. The Hall–Kier alpha value is -0.280. The molecule has 0 amide bonds. The lowest BCUT2D eigenvalue weighted by atomic mass is 9.93. The Balaban J connectivity index is 2.65. The predicted molar refractivity (Wildman–Crippen MR) is 48.6 cm³/mol. The molecule has 0 saturated carbocycles. The zero-order valence-corrected chi connectivity index (χ0v) is 8.10. The highest BCUT2D eigenvalue weighted by atomic mass is 16.6. The summed E-state index contributed by atoms with van der Waals surface area (Å²) in [7, 11) is 0. The van der Waals surface area contributed by atoms with Crippen LogP contribution in [0.5, 0.6) is 0 Å². The Morgan fingerprint density at radius 2 is 1.93 bits per heavy atom. The van der Waals surface area contributed by atoms with Crippen molar-refractivity contribution in [2.75, 3.05) is 6.61 Å². The topological polar surface area (TPSA) is 136 Å². The van der Waals surface area contributed by atoms with E-state index in [1.54, 1.807) is 0 Å². The molecule has 1 rings (SSSR count). The highest BCUT2D eigenvalue weighted by molar-refractivity contribution is 4.92. The summed E-state index contributed by atoms with van der Waals surface area (Å²) < 4.78 is 4.90. The molecular formula is C8H17NO6. The maximum atomic E-state index is 9.51. The van der Waals surface area contributed by atoms with Gasteiger partial charge in [-0.2, -0.15) is 0 Å². The van der Waals surface area contributed by atoms with Gasteiger partial charge >= 0.3 is 0 Å². The Kier molecular flexibility index (Phi) is 4.41. The van der Waals surface area contributed by atoms with Crippen molar-refractivity contribution in [3.63, 3.8) is 0 Å². The molecule has 7 heteroatoms. The standard InChI is InChI=1S/C8H17NO6/c9-6-3(11)1-5(13)15-8(6)7(14)4(12)2-10/h3-8,10-14H,1-2,9H2/t3-,4+,5-,6+,7+,8+/m0/s1. The zero-order chi connectivity index (χ0) is 11.6. The highest BCUT2D eigenvalue weighted by Gasteiger charge is 2.41. The molecule has 1 aliphatic heterocycles. The highest BCUT2D eigenvalue weighted by Crippen LogP contribution is 2.21. The summed E-state index contributed by atoms with van der Waals surface area (Å²) in [6.45, 7) is -0.653. The molecule has 0 unspecified atom stereocenters. The molecule has 15 heavy (non-hydrogen) atoms. The molecule has 0 aromatic heterocycles. The van der Waals surface area contributed by atoms with E-state index >= 15 is 0 Å². The fourth-order valence-electron chi connectivity index (χ4n) is 1.55. The van der Waals surface area contributed by atoms with Gasteiger partial charge in [0, 0.05) is 6.42 Å². The van der Waals surface area contributed by atoms with E-state index in [2.05, 4.69) is 0 Å². The normalized spacial score (nSPS) is 41.2. The molecule has 0 spiro atoms. The van der Waals surface area contributed by atoms with Crippen LogP contribution in [-0.2, 0) is 4.74 Å². The van der Waals surface area contributed by atoms with Gasteiger partial charge < -0.3 is 36.0 Å². The monoisotopic (exact) mass is 223 g/mol. The lowest BCUT2D eigenvalue weighted by Gasteiger charge is -2.39. The second kappa shape index (κ2) is 5.17. The van der Waals surface area contributed by atoms with E-state index in [1.165, 1.54) is 0 Å². The molecule has 1 heterocycles. The molecule has 0 aromatic rings. The van der Waals surface area contributed by atoms with E-state index in [1.807, 2.05) is 0 Å². The summed E-state index contributed by atoms with van der Waals surface area (Å²) in [6, 6.07) is -0.912. The number of aliphatic hydroxyl groups excluding tert-OH is 5. The van der Waals surface area contributed by atoms with Crippen molar-refractivity contribution < 1.29 is 30.3 Å². The fourth-order valence-corrected chi connectivity index (χ4v) is 1.55. The Labute approximate surface area is 86.7 Å². The Morgan fingerprint density at radius 1 is 1.33 bits per heavy atom. The van der Waals surface area contributed by atoms with Crippen molar-refractivity contribution in [2.24, 2.45) is 5.73 Å². The lowest BCUT2D eigenvalue weighted by Crippen LogP contribution is -2.60. The van der Waals surface area contributed by atoms with E-state index < -0.39 is 43.4 Å². The van der Waals surface area contributed by atoms with Gasteiger partial charge in [0.15, 0.2) is 6.29 Å². The second-order valence-corrected chi connectivity index (χ2v) is 3.68. The van der Waals surface area contributed by atoms with Gasteiger partial charge in [-0.1, -0.05) is 0 Å². The lowest BCUT2D eigenvalue weighted by molar-refractivity contribution is -0.232. The first-order valence-corrected chi connectivity index (χ1v) is 4.71. The average Bonchev–Trinajstić information content (AvgIpc) is 2.21. The van der Waals surface area contributed by atoms with E-state index in [-0.39, 0.29) is 6.42 Å². The minimum absolute atomic E-state index is 0.0421. The van der Waals surface area contributed by atoms with E-state index in [0.29, 0.717) is 0 Å². The van der Waals surface area contributed by atoms with Crippen molar-refractivity contribution in [1.82, 2.24) is 0 Å². The number of rotatable bonds is 3. The third-order valence-electron chi connectivity index (χ3n) is 2.50. The quantitative estimate of drug-likeness (QED) is 0.292. The third-order valence-corrected chi connectivity index (χ3v) is 2.50. The molecule has 6 atom stereocenters. The van der Waals surface area contributed by atoms with Gasteiger partial charge in [-0.15, -0.1) is 0 Å². The largest absolute Gasteiger partial charge is 0.394 e. The van der Waals surface area contributed by atoms with E-state index in [9.17, 15) is 20.4 Å². The first kappa shape index (κ1) is 12.8. The van der Waals surface area contributed by atoms with Gasteiger partial charge in [-0.3, -0.25) is 0 Å². The molecule has 1 fully saturated rings. The summed E-state index contributed by atoms with van der Waals surface area (Å²) in [4.78, 5) is 0. The van der Waals surface area contributed by atoms with Gasteiger partial charge in [-0.05, 0) is 0 Å². The van der Waals surface area contributed by atoms with Crippen LogP contribution < -0.4 is 5.73 Å². The van der Waals surface area contributed by atoms with Crippen LogP contribution in [0.3, 0.4) is 0 Å². The van der Waals surface area contributed by atoms with Crippen LogP contribution >= 0.6 is 0 Å². The number of aliphatic hydroxyl groups is 5. The van der Waals surface area contributed by atoms with E-state index in [4.69, 9.17) is 15.6 Å². The molecule has 7 N–H and O–H groups in total. The number of nitrogens with two attached hydrogens (primary N) is 1. The van der Waals surface area contributed by atoms with Crippen molar-refractivity contribution >= 4 is 0 Å². The Bertz CT molecular complexity index is 204. The number of hydrogen-bond acceptors (Lipinski definition) is 7. The van der Waals surface area contributed by atoms with Crippen LogP contribution in [0.1, 0.15) is 6.42 Å². The molecule has 0 aliphatic carbocycles. The van der Waals surface area contributed by atoms with Gasteiger partial charge in [-0.25, -0.2) is 0 Å². The second-order valence-electron chi connectivity index (χ2n) is 3.68.